The van der Waals surface area contributed by atoms with Crippen molar-refractivity contribution in [1.29, 1.82) is 0 Å². The number of β-amino-alcohol motifs (C(OH)–C–C–N with tert-alkyl or cyclic N) is 1. The number of hydrogen-bond acceptors (Lipinski definition) is 3. The summed E-state index contributed by atoms with van der Waals surface area (Å²) in [6.07, 6.45) is 3.25. The molecule has 1 fully saturated rings. The van der Waals surface area contributed by atoms with Crippen LogP contribution in [0.3, 0.4) is 0 Å². The molecule has 0 aliphatic carbocycles. The zero-order valence-corrected chi connectivity index (χ0v) is 14.2. The van der Waals surface area contributed by atoms with Crippen LogP contribution in [0.25, 0.3) is 0 Å². The van der Waals surface area contributed by atoms with E-state index in [0.717, 1.165) is 17.7 Å². The van der Waals surface area contributed by atoms with Crippen molar-refractivity contribution in [3.05, 3.63) is 53.9 Å². The van der Waals surface area contributed by atoms with Gasteiger partial charge in [-0.15, -0.1) is 0 Å². The molecule has 0 unspecified atom stereocenters. The number of para-hydroxylation sites is 1. The molecule has 1 amide bonds. The van der Waals surface area contributed by atoms with E-state index in [0.29, 0.717) is 25.2 Å². The van der Waals surface area contributed by atoms with Gasteiger partial charge < -0.3 is 19.3 Å². The zero-order chi connectivity index (χ0) is 17.2. The van der Waals surface area contributed by atoms with Crippen molar-refractivity contribution in [2.24, 2.45) is 7.05 Å². The maximum absolute atomic E-state index is 12.7. The number of aromatic nitrogens is 1. The predicted octanol–water partition coefficient (Wildman–Crippen LogP) is 2.38. The van der Waals surface area contributed by atoms with Crippen LogP contribution >= 0.6 is 0 Å². The Hall–Kier alpha value is -2.27. The minimum Gasteiger partial charge on any atom is -0.490 e. The van der Waals surface area contributed by atoms with E-state index in [1.165, 1.54) is 0 Å². The quantitative estimate of drug-likeness (QED) is 0.937. The number of hydrogen-bond donors (Lipinski definition) is 1. The SMILES string of the molecule is Cc1ccccc1OC[C@@]1(O)CCCN(C(=O)c2cccn2C)C1. The van der Waals surface area contributed by atoms with Gasteiger partial charge in [0.2, 0.25) is 0 Å². The number of nitrogens with zero attached hydrogens (tertiary/aromatic N) is 2. The van der Waals surface area contributed by atoms with Gasteiger partial charge >= 0.3 is 0 Å². The van der Waals surface area contributed by atoms with Crippen LogP contribution in [0.2, 0.25) is 0 Å². The highest BCUT2D eigenvalue weighted by Gasteiger charge is 2.36. The number of piperidine rings is 1. The number of aliphatic hydroxyl groups is 1. The number of carbonyl (C=O) groups excluding carboxylic acids is 1. The highest BCUT2D eigenvalue weighted by molar-refractivity contribution is 5.92. The molecule has 1 aromatic heterocycles. The molecule has 3 rings (SSSR count). The van der Waals surface area contributed by atoms with Crippen LogP contribution < -0.4 is 4.74 Å². The lowest BCUT2D eigenvalue weighted by Gasteiger charge is -2.39. The summed E-state index contributed by atoms with van der Waals surface area (Å²) in [5, 5.41) is 10.9. The smallest absolute Gasteiger partial charge is 0.270 e. The predicted molar refractivity (Wildman–Crippen MR) is 92.2 cm³/mol. The fourth-order valence-electron chi connectivity index (χ4n) is 3.18. The highest BCUT2D eigenvalue weighted by Crippen LogP contribution is 2.25. The second-order valence-electron chi connectivity index (χ2n) is 6.61. The molecule has 1 atom stereocenters. The summed E-state index contributed by atoms with van der Waals surface area (Å²) < 4.78 is 7.63. The molecule has 1 aliphatic heterocycles. The molecule has 1 saturated heterocycles. The van der Waals surface area contributed by atoms with Gasteiger partial charge in [-0.1, -0.05) is 18.2 Å². The van der Waals surface area contributed by atoms with Crippen LogP contribution in [-0.2, 0) is 7.05 Å². The van der Waals surface area contributed by atoms with Gasteiger partial charge in [0.1, 0.15) is 23.7 Å². The molecule has 128 valence electrons. The van der Waals surface area contributed by atoms with Gasteiger partial charge in [0.15, 0.2) is 0 Å². The van der Waals surface area contributed by atoms with Crippen LogP contribution in [0, 0.1) is 6.92 Å². The molecule has 1 aliphatic rings. The first-order valence-corrected chi connectivity index (χ1v) is 8.30. The number of ether oxygens (including phenoxy) is 1. The van der Waals surface area contributed by atoms with E-state index in [-0.39, 0.29) is 12.5 Å². The standard InChI is InChI=1S/C19H24N2O3/c1-15-7-3-4-9-17(15)24-14-19(23)10-6-12-21(13-19)18(22)16-8-5-11-20(16)2/h3-5,7-9,11,23H,6,10,12-14H2,1-2H3/t19-/m1/s1. The summed E-state index contributed by atoms with van der Waals surface area (Å²) >= 11 is 0. The normalized spacial score (nSPS) is 20.9. The molecule has 1 aromatic carbocycles. The van der Waals surface area contributed by atoms with Crippen molar-refractivity contribution in [3.8, 4) is 5.75 Å². The van der Waals surface area contributed by atoms with Crippen molar-refractivity contribution in [2.45, 2.75) is 25.4 Å². The van der Waals surface area contributed by atoms with E-state index in [4.69, 9.17) is 4.74 Å². The van der Waals surface area contributed by atoms with Gasteiger partial charge in [-0.05, 0) is 43.5 Å². The maximum atomic E-state index is 12.7. The summed E-state index contributed by atoms with van der Waals surface area (Å²) in [6, 6.07) is 11.4. The third kappa shape index (κ3) is 3.46. The third-order valence-corrected chi connectivity index (χ3v) is 4.60. The number of amides is 1. The van der Waals surface area contributed by atoms with Gasteiger partial charge in [-0.3, -0.25) is 4.79 Å². The first kappa shape index (κ1) is 16.6. The topological polar surface area (TPSA) is 54.7 Å². The first-order valence-electron chi connectivity index (χ1n) is 8.30. The Bertz CT molecular complexity index is 725. The number of carbonyl (C=O) groups is 1. The Morgan fingerprint density at radius 2 is 2.08 bits per heavy atom. The lowest BCUT2D eigenvalue weighted by Crippen LogP contribution is -2.53. The molecular weight excluding hydrogens is 304 g/mol. The number of aryl methyl sites for hydroxylation is 2. The van der Waals surface area contributed by atoms with Crippen LogP contribution in [0.1, 0.15) is 28.9 Å². The molecule has 24 heavy (non-hydrogen) atoms. The largest absolute Gasteiger partial charge is 0.490 e. The Morgan fingerprint density at radius 1 is 1.29 bits per heavy atom. The second-order valence-corrected chi connectivity index (χ2v) is 6.61. The fraction of sp³-hybridized carbons (Fsp3) is 0.421. The lowest BCUT2D eigenvalue weighted by atomic mass is 9.93. The third-order valence-electron chi connectivity index (χ3n) is 4.60. The molecule has 5 heteroatoms. The van der Waals surface area contributed by atoms with E-state index in [1.807, 2.05) is 50.5 Å². The number of rotatable bonds is 4. The van der Waals surface area contributed by atoms with E-state index in [9.17, 15) is 9.90 Å². The Morgan fingerprint density at radius 3 is 2.79 bits per heavy atom. The minimum atomic E-state index is -1.01. The van der Waals surface area contributed by atoms with Crippen LogP contribution in [0.4, 0.5) is 0 Å². The van der Waals surface area contributed by atoms with Crippen molar-refractivity contribution in [3.63, 3.8) is 0 Å². The van der Waals surface area contributed by atoms with Gasteiger partial charge in [0, 0.05) is 19.8 Å². The summed E-state index contributed by atoms with van der Waals surface area (Å²) in [4.78, 5) is 14.4. The molecular formula is C19H24N2O3. The Kier molecular flexibility index (Phi) is 4.62. The molecule has 1 N–H and O–H groups in total. The first-order chi connectivity index (χ1) is 11.5. The van der Waals surface area contributed by atoms with Gasteiger partial charge in [-0.25, -0.2) is 0 Å². The minimum absolute atomic E-state index is 0.0449. The number of likely N-dealkylation sites (tertiary alicyclic amines) is 1. The second kappa shape index (κ2) is 6.69. The van der Waals surface area contributed by atoms with E-state index >= 15 is 0 Å². The van der Waals surface area contributed by atoms with Gasteiger partial charge in [-0.2, -0.15) is 0 Å². The molecule has 0 spiro atoms. The molecule has 5 nitrogen and oxygen atoms in total. The summed E-state index contributed by atoms with van der Waals surface area (Å²) in [7, 11) is 1.85. The summed E-state index contributed by atoms with van der Waals surface area (Å²) in [5.74, 6) is 0.730. The van der Waals surface area contributed by atoms with E-state index in [2.05, 4.69) is 0 Å². The maximum Gasteiger partial charge on any atom is 0.270 e. The van der Waals surface area contributed by atoms with Crippen molar-refractivity contribution in [1.82, 2.24) is 9.47 Å². The van der Waals surface area contributed by atoms with Crippen LogP contribution in [0.15, 0.2) is 42.6 Å². The zero-order valence-electron chi connectivity index (χ0n) is 14.2. The van der Waals surface area contributed by atoms with Crippen molar-refractivity contribution >= 4 is 5.91 Å². The molecule has 2 heterocycles. The summed E-state index contributed by atoms with van der Waals surface area (Å²) in [5.41, 5.74) is 0.661. The monoisotopic (exact) mass is 328 g/mol. The van der Waals surface area contributed by atoms with E-state index in [1.54, 1.807) is 15.5 Å². The van der Waals surface area contributed by atoms with Crippen LogP contribution in [0.5, 0.6) is 5.75 Å². The van der Waals surface area contributed by atoms with Crippen LogP contribution in [-0.4, -0.2) is 45.8 Å². The molecule has 0 bridgehead atoms. The summed E-state index contributed by atoms with van der Waals surface area (Å²) in [6.45, 7) is 3.12. The van der Waals surface area contributed by atoms with Gasteiger partial charge in [0.05, 0.1) is 6.54 Å². The average Bonchev–Trinajstić information content (AvgIpc) is 2.99. The fourth-order valence-corrected chi connectivity index (χ4v) is 3.18. The highest BCUT2D eigenvalue weighted by atomic mass is 16.5. The molecule has 0 radical (unpaired) electrons. The Labute approximate surface area is 142 Å². The van der Waals surface area contributed by atoms with Crippen molar-refractivity contribution < 1.29 is 14.6 Å². The number of benzene rings is 1. The van der Waals surface area contributed by atoms with Gasteiger partial charge in [0.25, 0.3) is 5.91 Å². The Balaban J connectivity index is 1.67. The molecule has 2 aromatic rings. The lowest BCUT2D eigenvalue weighted by molar-refractivity contribution is -0.0534. The average molecular weight is 328 g/mol. The van der Waals surface area contributed by atoms with E-state index < -0.39 is 5.60 Å². The molecule has 0 saturated carbocycles. The van der Waals surface area contributed by atoms with Crippen molar-refractivity contribution in [2.75, 3.05) is 19.7 Å².